The van der Waals surface area contributed by atoms with Gasteiger partial charge in [-0.15, -0.1) is 5.10 Å². The van der Waals surface area contributed by atoms with Crippen molar-refractivity contribution in [1.29, 1.82) is 0 Å². The lowest BCUT2D eigenvalue weighted by Gasteiger charge is -2.24. The van der Waals surface area contributed by atoms with Crippen LogP contribution < -0.4 is 10.1 Å². The lowest BCUT2D eigenvalue weighted by atomic mass is 10.0. The first-order valence-corrected chi connectivity index (χ1v) is 6.80. The van der Waals surface area contributed by atoms with E-state index in [1.165, 1.54) is 0 Å². The number of nitrogens with one attached hydrogen (secondary N) is 1. The monoisotopic (exact) mass is 289 g/mol. The molecule has 1 aliphatic rings. The Hall–Kier alpha value is -2.28. The Kier molecular flexibility index (Phi) is 3.19. The van der Waals surface area contributed by atoms with Crippen molar-refractivity contribution in [3.8, 4) is 5.75 Å². The predicted octanol–water partition coefficient (Wildman–Crippen LogP) is 1.22. The highest BCUT2D eigenvalue weighted by Crippen LogP contribution is 2.24. The Balaban J connectivity index is 1.79. The quantitative estimate of drug-likeness (QED) is 0.899. The van der Waals surface area contributed by atoms with Gasteiger partial charge in [-0.05, 0) is 30.6 Å². The summed E-state index contributed by atoms with van der Waals surface area (Å²) in [5, 5.41) is 6.45. The molecule has 0 saturated heterocycles. The largest absolute Gasteiger partial charge is 0.490 e. The minimum atomic E-state index is -0.682. The van der Waals surface area contributed by atoms with Crippen LogP contribution in [0.2, 0.25) is 0 Å². The highest BCUT2D eigenvalue weighted by molar-refractivity contribution is 7.08. The minimum absolute atomic E-state index is 0.132. The van der Waals surface area contributed by atoms with E-state index in [0.29, 0.717) is 21.9 Å². The molecule has 1 N–H and O–H groups in total. The Morgan fingerprint density at radius 2 is 2.25 bits per heavy atom. The minimum Gasteiger partial charge on any atom is -0.490 e. The van der Waals surface area contributed by atoms with Gasteiger partial charge in [0, 0.05) is 0 Å². The molecule has 0 aliphatic carbocycles. The van der Waals surface area contributed by atoms with E-state index in [1.54, 1.807) is 31.2 Å². The van der Waals surface area contributed by atoms with Gasteiger partial charge in [-0.3, -0.25) is 9.59 Å². The van der Waals surface area contributed by atoms with Crippen LogP contribution in [0.25, 0.3) is 0 Å². The van der Waals surface area contributed by atoms with Gasteiger partial charge in [0.25, 0.3) is 5.91 Å². The van der Waals surface area contributed by atoms with E-state index < -0.39 is 6.04 Å². The fraction of sp³-hybridized carbons (Fsp3) is 0.231. The molecule has 1 aromatic carbocycles. The third kappa shape index (κ3) is 2.16. The molecule has 1 atom stereocenters. The summed E-state index contributed by atoms with van der Waals surface area (Å²) in [6.07, 6.45) is 0. The fourth-order valence-corrected chi connectivity index (χ4v) is 2.56. The molecule has 6 nitrogen and oxygen atoms in total. The second-order valence-electron chi connectivity index (χ2n) is 4.38. The Bertz CT molecular complexity index is 683. The number of nitrogens with zero attached hydrogens (tertiary/aromatic N) is 2. The zero-order chi connectivity index (χ0) is 14.1. The van der Waals surface area contributed by atoms with Crippen molar-refractivity contribution in [3.63, 3.8) is 0 Å². The van der Waals surface area contributed by atoms with E-state index in [9.17, 15) is 9.59 Å². The first kappa shape index (κ1) is 12.7. The van der Waals surface area contributed by atoms with Crippen molar-refractivity contribution in [2.24, 2.45) is 0 Å². The third-order valence-corrected chi connectivity index (χ3v) is 3.86. The number of para-hydroxylation sites is 1. The Labute approximate surface area is 118 Å². The van der Waals surface area contributed by atoms with E-state index in [4.69, 9.17) is 4.74 Å². The molecule has 1 aliphatic heterocycles. The van der Waals surface area contributed by atoms with Crippen molar-refractivity contribution in [3.05, 3.63) is 40.4 Å². The molecule has 7 heteroatoms. The second kappa shape index (κ2) is 5.01. The van der Waals surface area contributed by atoms with Crippen LogP contribution in [0.5, 0.6) is 5.75 Å². The van der Waals surface area contributed by atoms with Gasteiger partial charge >= 0.3 is 0 Å². The Morgan fingerprint density at radius 3 is 3.00 bits per heavy atom. The van der Waals surface area contributed by atoms with Crippen LogP contribution in [0.3, 0.4) is 0 Å². The molecule has 0 saturated carbocycles. The van der Waals surface area contributed by atoms with Crippen molar-refractivity contribution in [2.45, 2.75) is 13.0 Å². The summed E-state index contributed by atoms with van der Waals surface area (Å²) in [5.74, 6) is 0.0628. The summed E-state index contributed by atoms with van der Waals surface area (Å²) in [5.41, 5.74) is 1.04. The number of amides is 1. The van der Waals surface area contributed by atoms with Crippen molar-refractivity contribution in [1.82, 2.24) is 14.9 Å². The summed E-state index contributed by atoms with van der Waals surface area (Å²) < 4.78 is 9.20. The molecule has 0 radical (unpaired) electrons. The number of carbonyl (C=O) groups is 2. The third-order valence-electron chi connectivity index (χ3n) is 3.04. The number of aryl methyl sites for hydroxylation is 1. The summed E-state index contributed by atoms with van der Waals surface area (Å²) in [6, 6.07) is 6.32. The van der Waals surface area contributed by atoms with Gasteiger partial charge in [-0.2, -0.15) is 0 Å². The SMILES string of the molecule is Cc1nnsc1C(=O)NC1COc2ccccc2C1=O. The number of ketones is 1. The smallest absolute Gasteiger partial charge is 0.265 e. The first-order valence-electron chi connectivity index (χ1n) is 6.02. The first-order chi connectivity index (χ1) is 9.66. The van der Waals surface area contributed by atoms with Gasteiger partial charge in [0.05, 0.1) is 11.3 Å². The highest BCUT2D eigenvalue weighted by atomic mass is 32.1. The van der Waals surface area contributed by atoms with Gasteiger partial charge in [0.2, 0.25) is 0 Å². The molecule has 2 aromatic rings. The van der Waals surface area contributed by atoms with Gasteiger partial charge in [-0.1, -0.05) is 16.6 Å². The van der Waals surface area contributed by atoms with E-state index in [0.717, 1.165) is 11.5 Å². The molecule has 20 heavy (non-hydrogen) atoms. The van der Waals surface area contributed by atoms with Crippen molar-refractivity contribution in [2.75, 3.05) is 6.61 Å². The molecule has 0 spiro atoms. The summed E-state index contributed by atoms with van der Waals surface area (Å²) in [7, 11) is 0. The summed E-state index contributed by atoms with van der Waals surface area (Å²) in [4.78, 5) is 24.8. The number of carbonyl (C=O) groups excluding carboxylic acids is 2. The average Bonchev–Trinajstić information content (AvgIpc) is 2.88. The number of ether oxygens (including phenoxy) is 1. The van der Waals surface area contributed by atoms with Crippen LogP contribution in [0.1, 0.15) is 25.7 Å². The fourth-order valence-electron chi connectivity index (χ4n) is 2.00. The van der Waals surface area contributed by atoms with E-state index in [-0.39, 0.29) is 18.3 Å². The maximum absolute atomic E-state index is 12.3. The number of benzene rings is 1. The van der Waals surface area contributed by atoms with Crippen molar-refractivity contribution < 1.29 is 14.3 Å². The molecule has 1 unspecified atom stereocenters. The van der Waals surface area contributed by atoms with Gasteiger partial charge in [0.15, 0.2) is 5.78 Å². The number of aromatic nitrogens is 2. The molecule has 0 fully saturated rings. The zero-order valence-electron chi connectivity index (χ0n) is 10.6. The maximum atomic E-state index is 12.3. The molecule has 1 aromatic heterocycles. The number of rotatable bonds is 2. The van der Waals surface area contributed by atoms with Crippen LogP contribution in [0, 0.1) is 6.92 Å². The van der Waals surface area contributed by atoms with Crippen LogP contribution >= 0.6 is 11.5 Å². The number of hydrogen-bond donors (Lipinski definition) is 1. The van der Waals surface area contributed by atoms with Crippen LogP contribution in [0.4, 0.5) is 0 Å². The van der Waals surface area contributed by atoms with Crippen LogP contribution in [-0.2, 0) is 0 Å². The lowest BCUT2D eigenvalue weighted by molar-refractivity contribution is 0.0796. The topological polar surface area (TPSA) is 81.2 Å². The van der Waals surface area contributed by atoms with Gasteiger partial charge in [-0.25, -0.2) is 0 Å². The van der Waals surface area contributed by atoms with E-state index in [1.807, 2.05) is 0 Å². The zero-order valence-corrected chi connectivity index (χ0v) is 11.4. The molecule has 102 valence electrons. The predicted molar refractivity (Wildman–Crippen MR) is 72.2 cm³/mol. The summed E-state index contributed by atoms with van der Waals surface area (Å²) >= 11 is 1.01. The van der Waals surface area contributed by atoms with Gasteiger partial charge < -0.3 is 10.1 Å². The molecule has 0 bridgehead atoms. The van der Waals surface area contributed by atoms with E-state index >= 15 is 0 Å². The summed E-state index contributed by atoms with van der Waals surface area (Å²) in [6.45, 7) is 1.83. The molecule has 3 rings (SSSR count). The Morgan fingerprint density at radius 1 is 1.45 bits per heavy atom. The average molecular weight is 289 g/mol. The maximum Gasteiger partial charge on any atom is 0.265 e. The van der Waals surface area contributed by atoms with Crippen LogP contribution in [-0.4, -0.2) is 33.9 Å². The molecule has 1 amide bonds. The molecule has 2 heterocycles. The lowest BCUT2D eigenvalue weighted by Crippen LogP contribution is -2.47. The standard InChI is InChI=1S/C13H11N3O3S/c1-7-12(20-16-15-7)13(18)14-9-6-19-10-5-3-2-4-8(10)11(9)17/h2-5,9H,6H2,1H3,(H,14,18). The van der Waals surface area contributed by atoms with Crippen LogP contribution in [0.15, 0.2) is 24.3 Å². The van der Waals surface area contributed by atoms with Gasteiger partial charge in [0.1, 0.15) is 23.3 Å². The number of fused-ring (bicyclic) bond motifs is 1. The normalized spacial score (nSPS) is 17.2. The second-order valence-corrected chi connectivity index (χ2v) is 5.14. The molecular formula is C13H11N3O3S. The van der Waals surface area contributed by atoms with E-state index in [2.05, 4.69) is 14.9 Å². The highest BCUT2D eigenvalue weighted by Gasteiger charge is 2.30. The van der Waals surface area contributed by atoms with Crippen molar-refractivity contribution >= 4 is 23.2 Å². The number of Topliss-reactive ketones (excluding diaryl/α,β-unsaturated/α-hetero) is 1. The molecular weight excluding hydrogens is 278 g/mol. The number of hydrogen-bond acceptors (Lipinski definition) is 6.